The van der Waals surface area contributed by atoms with E-state index in [9.17, 15) is 0 Å². The molecule has 0 saturated carbocycles. The van der Waals surface area contributed by atoms with Crippen molar-refractivity contribution in [2.75, 3.05) is 19.0 Å². The maximum Gasteiger partial charge on any atom is 0.137 e. The zero-order valence-electron chi connectivity index (χ0n) is 10.2. The van der Waals surface area contributed by atoms with Gasteiger partial charge in [0.15, 0.2) is 0 Å². The monoisotopic (exact) mass is 241 g/mol. The summed E-state index contributed by atoms with van der Waals surface area (Å²) in [6.07, 6.45) is 2.40. The fourth-order valence-electron chi connectivity index (χ4n) is 1.62. The molecule has 0 aliphatic rings. The molecule has 0 aliphatic carbocycles. The van der Waals surface area contributed by atoms with Gasteiger partial charge in [-0.1, -0.05) is 38.3 Å². The lowest BCUT2D eigenvalue weighted by atomic mass is 10.0. The summed E-state index contributed by atoms with van der Waals surface area (Å²) in [6.45, 7) is 5.43. The average molecular weight is 242 g/mol. The van der Waals surface area contributed by atoms with Crippen LogP contribution in [0.4, 0.5) is 5.69 Å². The van der Waals surface area contributed by atoms with Gasteiger partial charge in [0.2, 0.25) is 0 Å². The maximum atomic E-state index is 6.05. The van der Waals surface area contributed by atoms with Crippen LogP contribution in [0.1, 0.15) is 26.7 Å². The van der Waals surface area contributed by atoms with Crippen LogP contribution in [0.2, 0.25) is 5.02 Å². The third-order valence-corrected chi connectivity index (χ3v) is 3.20. The summed E-state index contributed by atoms with van der Waals surface area (Å²) in [4.78, 5) is 0. The third-order valence-electron chi connectivity index (χ3n) is 2.90. The molecule has 1 aromatic carbocycles. The van der Waals surface area contributed by atoms with Crippen LogP contribution >= 0.6 is 11.6 Å². The average Bonchev–Trinajstić information content (AvgIpc) is 2.30. The van der Waals surface area contributed by atoms with E-state index >= 15 is 0 Å². The Morgan fingerprint density at radius 3 is 2.50 bits per heavy atom. The smallest absolute Gasteiger partial charge is 0.137 e. The summed E-state index contributed by atoms with van der Waals surface area (Å²) in [7, 11) is 1.62. The molecule has 90 valence electrons. The Labute approximate surface area is 103 Å². The van der Waals surface area contributed by atoms with Crippen molar-refractivity contribution in [2.45, 2.75) is 26.7 Å². The van der Waals surface area contributed by atoms with E-state index in [4.69, 9.17) is 16.3 Å². The van der Waals surface area contributed by atoms with E-state index < -0.39 is 0 Å². The first kappa shape index (κ1) is 13.2. The van der Waals surface area contributed by atoms with Crippen LogP contribution in [0.5, 0.6) is 5.75 Å². The van der Waals surface area contributed by atoms with Crippen LogP contribution in [0.25, 0.3) is 0 Å². The number of benzene rings is 1. The molecule has 0 spiro atoms. The first-order valence-corrected chi connectivity index (χ1v) is 6.16. The molecule has 3 heteroatoms. The molecule has 0 aliphatic heterocycles. The summed E-state index contributed by atoms with van der Waals surface area (Å²) < 4.78 is 5.11. The van der Waals surface area contributed by atoms with Gasteiger partial charge in [0.25, 0.3) is 0 Å². The number of ether oxygens (including phenoxy) is 1. The van der Waals surface area contributed by atoms with Crippen molar-refractivity contribution in [3.63, 3.8) is 0 Å². The highest BCUT2D eigenvalue weighted by Crippen LogP contribution is 2.27. The van der Waals surface area contributed by atoms with Gasteiger partial charge in [0.1, 0.15) is 5.75 Å². The zero-order valence-corrected chi connectivity index (χ0v) is 11.0. The number of rotatable bonds is 6. The summed E-state index contributed by atoms with van der Waals surface area (Å²) in [5.74, 6) is 1.44. The van der Waals surface area contributed by atoms with Crippen molar-refractivity contribution in [3.8, 4) is 5.75 Å². The molecule has 0 fully saturated rings. The molecule has 0 atom stereocenters. The molecule has 0 amide bonds. The minimum Gasteiger partial charge on any atom is -0.495 e. The first-order valence-electron chi connectivity index (χ1n) is 5.78. The maximum absolute atomic E-state index is 6.05. The molecule has 0 aromatic heterocycles. The van der Waals surface area contributed by atoms with E-state index in [0.29, 0.717) is 5.02 Å². The van der Waals surface area contributed by atoms with Crippen LogP contribution in [-0.4, -0.2) is 13.7 Å². The lowest BCUT2D eigenvalue weighted by Gasteiger charge is -2.15. The topological polar surface area (TPSA) is 21.3 Å². The molecular formula is C13H20ClNO. The second-order valence-corrected chi connectivity index (χ2v) is 4.32. The van der Waals surface area contributed by atoms with Gasteiger partial charge in [-0.2, -0.15) is 0 Å². The summed E-state index contributed by atoms with van der Waals surface area (Å²) in [6, 6.07) is 5.79. The highest BCUT2D eigenvalue weighted by molar-refractivity contribution is 6.32. The molecule has 0 saturated heterocycles. The number of halogens is 1. The van der Waals surface area contributed by atoms with Crippen LogP contribution in [-0.2, 0) is 0 Å². The van der Waals surface area contributed by atoms with Crippen LogP contribution in [0.15, 0.2) is 18.2 Å². The third kappa shape index (κ3) is 3.60. The van der Waals surface area contributed by atoms with Crippen molar-refractivity contribution in [2.24, 2.45) is 5.92 Å². The van der Waals surface area contributed by atoms with Gasteiger partial charge in [-0.15, -0.1) is 0 Å². The Hall–Kier alpha value is -0.890. The van der Waals surface area contributed by atoms with E-state index in [-0.39, 0.29) is 0 Å². The first-order chi connectivity index (χ1) is 7.71. The SMILES string of the molecule is CCC(CC)CNc1ccc(OC)c(Cl)c1. The molecule has 1 N–H and O–H groups in total. The number of nitrogens with one attached hydrogen (secondary N) is 1. The Kier molecular flexibility index (Phi) is 5.47. The Morgan fingerprint density at radius 1 is 1.31 bits per heavy atom. The normalized spacial score (nSPS) is 10.6. The predicted octanol–water partition coefficient (Wildman–Crippen LogP) is 4.20. The van der Waals surface area contributed by atoms with Gasteiger partial charge >= 0.3 is 0 Å². The van der Waals surface area contributed by atoms with Gasteiger partial charge in [0.05, 0.1) is 12.1 Å². The number of anilines is 1. The Morgan fingerprint density at radius 2 is 2.00 bits per heavy atom. The van der Waals surface area contributed by atoms with Crippen molar-refractivity contribution in [3.05, 3.63) is 23.2 Å². The van der Waals surface area contributed by atoms with Gasteiger partial charge in [-0.25, -0.2) is 0 Å². The molecule has 0 heterocycles. The van der Waals surface area contributed by atoms with Crippen LogP contribution < -0.4 is 10.1 Å². The van der Waals surface area contributed by atoms with Gasteiger partial charge in [0, 0.05) is 12.2 Å². The van der Waals surface area contributed by atoms with E-state index in [0.717, 1.165) is 23.9 Å². The molecule has 16 heavy (non-hydrogen) atoms. The molecule has 0 radical (unpaired) electrons. The van der Waals surface area contributed by atoms with Crippen molar-refractivity contribution in [1.82, 2.24) is 0 Å². The van der Waals surface area contributed by atoms with Crippen molar-refractivity contribution < 1.29 is 4.74 Å². The highest BCUT2D eigenvalue weighted by atomic mass is 35.5. The lowest BCUT2D eigenvalue weighted by molar-refractivity contribution is 0.415. The molecule has 1 rings (SSSR count). The molecule has 1 aromatic rings. The number of methoxy groups -OCH3 is 1. The second kappa shape index (κ2) is 6.64. The van der Waals surface area contributed by atoms with Gasteiger partial charge in [-0.05, 0) is 24.1 Å². The minimum absolute atomic E-state index is 0.650. The lowest BCUT2D eigenvalue weighted by Crippen LogP contribution is -2.12. The largest absolute Gasteiger partial charge is 0.495 e. The number of hydrogen-bond acceptors (Lipinski definition) is 2. The summed E-state index contributed by atoms with van der Waals surface area (Å²) in [5.41, 5.74) is 1.05. The Balaban J connectivity index is 2.58. The van der Waals surface area contributed by atoms with Crippen LogP contribution in [0.3, 0.4) is 0 Å². The zero-order chi connectivity index (χ0) is 12.0. The number of hydrogen-bond donors (Lipinski definition) is 1. The molecule has 2 nitrogen and oxygen atoms in total. The predicted molar refractivity (Wildman–Crippen MR) is 70.6 cm³/mol. The highest BCUT2D eigenvalue weighted by Gasteiger charge is 2.04. The summed E-state index contributed by atoms with van der Waals surface area (Å²) >= 11 is 6.05. The van der Waals surface area contributed by atoms with E-state index in [1.807, 2.05) is 18.2 Å². The van der Waals surface area contributed by atoms with E-state index in [1.54, 1.807) is 7.11 Å². The minimum atomic E-state index is 0.650. The van der Waals surface area contributed by atoms with E-state index in [2.05, 4.69) is 19.2 Å². The van der Waals surface area contributed by atoms with Crippen molar-refractivity contribution in [1.29, 1.82) is 0 Å². The quantitative estimate of drug-likeness (QED) is 0.806. The second-order valence-electron chi connectivity index (χ2n) is 3.91. The molecular weight excluding hydrogens is 222 g/mol. The fourth-order valence-corrected chi connectivity index (χ4v) is 1.87. The fraction of sp³-hybridized carbons (Fsp3) is 0.538. The Bertz CT molecular complexity index is 324. The van der Waals surface area contributed by atoms with E-state index in [1.165, 1.54) is 12.8 Å². The van der Waals surface area contributed by atoms with Gasteiger partial charge in [-0.3, -0.25) is 0 Å². The van der Waals surface area contributed by atoms with Crippen LogP contribution in [0, 0.1) is 5.92 Å². The van der Waals surface area contributed by atoms with Gasteiger partial charge < -0.3 is 10.1 Å². The van der Waals surface area contributed by atoms with Crippen molar-refractivity contribution >= 4 is 17.3 Å². The molecule has 0 bridgehead atoms. The summed E-state index contributed by atoms with van der Waals surface area (Å²) in [5, 5.41) is 4.05. The molecule has 0 unspecified atom stereocenters. The standard InChI is InChI=1S/C13H20ClNO/c1-4-10(5-2)9-15-11-6-7-13(16-3)12(14)8-11/h6-8,10,15H,4-5,9H2,1-3H3.